The van der Waals surface area contributed by atoms with Gasteiger partial charge < -0.3 is 5.32 Å². The quantitative estimate of drug-likeness (QED) is 0.824. The van der Waals surface area contributed by atoms with Gasteiger partial charge in [-0.05, 0) is 36.5 Å². The summed E-state index contributed by atoms with van der Waals surface area (Å²) in [4.78, 5) is 4.72. The van der Waals surface area contributed by atoms with E-state index in [4.69, 9.17) is 16.6 Å². The van der Waals surface area contributed by atoms with Crippen molar-refractivity contribution in [1.82, 2.24) is 0 Å². The molecular weight excluding hydrogens is 264 g/mol. The lowest BCUT2D eigenvalue weighted by Gasteiger charge is -2.31. The summed E-state index contributed by atoms with van der Waals surface area (Å²) in [5.41, 5.74) is 1.53. The molecule has 1 fully saturated rings. The Hall–Kier alpha value is -0.670. The number of anilines is 1. The molecule has 0 saturated heterocycles. The Morgan fingerprint density at radius 2 is 2.11 bits per heavy atom. The van der Waals surface area contributed by atoms with E-state index < -0.39 is 0 Å². The Balaban J connectivity index is 1.66. The van der Waals surface area contributed by atoms with E-state index in [9.17, 15) is 0 Å². The van der Waals surface area contributed by atoms with Gasteiger partial charge in [0.2, 0.25) is 0 Å². The van der Waals surface area contributed by atoms with Crippen LogP contribution in [0.15, 0.2) is 29.3 Å². The standard InChI is InChI=1S/C14H17ClN2S/c15-11-4-3-5-12(8-11)17-13-16-9-14(10-18-13)6-1-2-7-14/h3-5,8H,1-2,6-7,9-10H2,(H,16,17). The number of hydrogen-bond acceptors (Lipinski definition) is 3. The molecule has 0 aromatic heterocycles. The van der Waals surface area contributed by atoms with Crippen LogP contribution in [0.3, 0.4) is 0 Å². The number of amidine groups is 1. The van der Waals surface area contributed by atoms with E-state index in [1.807, 2.05) is 36.0 Å². The van der Waals surface area contributed by atoms with Crippen LogP contribution >= 0.6 is 23.4 Å². The summed E-state index contributed by atoms with van der Waals surface area (Å²) >= 11 is 7.83. The molecule has 1 aromatic rings. The van der Waals surface area contributed by atoms with E-state index >= 15 is 0 Å². The van der Waals surface area contributed by atoms with Crippen molar-refractivity contribution >= 4 is 34.2 Å². The average molecular weight is 281 g/mol. The van der Waals surface area contributed by atoms with Gasteiger partial charge in [-0.3, -0.25) is 4.99 Å². The van der Waals surface area contributed by atoms with Crippen molar-refractivity contribution in [1.29, 1.82) is 0 Å². The second kappa shape index (κ2) is 5.14. The minimum Gasteiger partial charge on any atom is -0.335 e. The minimum absolute atomic E-state index is 0.504. The molecule has 1 saturated carbocycles. The summed E-state index contributed by atoms with van der Waals surface area (Å²) in [6.07, 6.45) is 5.47. The zero-order valence-corrected chi connectivity index (χ0v) is 11.9. The summed E-state index contributed by atoms with van der Waals surface area (Å²) in [7, 11) is 0. The topological polar surface area (TPSA) is 24.4 Å². The summed E-state index contributed by atoms with van der Waals surface area (Å²) in [6, 6.07) is 7.80. The first-order chi connectivity index (χ1) is 8.76. The number of thioether (sulfide) groups is 1. The largest absolute Gasteiger partial charge is 0.335 e. The molecule has 3 rings (SSSR count). The van der Waals surface area contributed by atoms with Crippen molar-refractivity contribution < 1.29 is 0 Å². The molecule has 18 heavy (non-hydrogen) atoms. The number of hydrogen-bond donors (Lipinski definition) is 1. The van der Waals surface area contributed by atoms with Crippen molar-refractivity contribution in [2.75, 3.05) is 17.6 Å². The summed E-state index contributed by atoms with van der Waals surface area (Å²) in [6.45, 7) is 0.989. The molecular formula is C14H17ClN2S. The van der Waals surface area contributed by atoms with Gasteiger partial charge in [0, 0.05) is 23.0 Å². The smallest absolute Gasteiger partial charge is 0.161 e. The zero-order chi connectivity index (χ0) is 12.4. The molecule has 1 spiro atoms. The summed E-state index contributed by atoms with van der Waals surface area (Å²) in [5.74, 6) is 1.21. The molecule has 0 atom stereocenters. The van der Waals surface area contributed by atoms with Gasteiger partial charge in [0.25, 0.3) is 0 Å². The van der Waals surface area contributed by atoms with Crippen LogP contribution in [0.25, 0.3) is 0 Å². The Morgan fingerprint density at radius 3 is 2.78 bits per heavy atom. The molecule has 1 aliphatic heterocycles. The van der Waals surface area contributed by atoms with Gasteiger partial charge in [0.05, 0.1) is 0 Å². The van der Waals surface area contributed by atoms with E-state index in [-0.39, 0.29) is 0 Å². The SMILES string of the molecule is Clc1cccc(NC2=NCC3(CCCC3)CS2)c1. The highest BCUT2D eigenvalue weighted by atomic mass is 35.5. The highest BCUT2D eigenvalue weighted by molar-refractivity contribution is 8.14. The van der Waals surface area contributed by atoms with Gasteiger partial charge in [0.1, 0.15) is 0 Å². The van der Waals surface area contributed by atoms with Gasteiger partial charge in [-0.2, -0.15) is 0 Å². The molecule has 4 heteroatoms. The highest BCUT2D eigenvalue weighted by Gasteiger charge is 2.36. The molecule has 0 unspecified atom stereocenters. The Morgan fingerprint density at radius 1 is 1.28 bits per heavy atom. The van der Waals surface area contributed by atoms with Crippen LogP contribution in [-0.2, 0) is 0 Å². The fourth-order valence-electron chi connectivity index (χ4n) is 2.75. The lowest BCUT2D eigenvalue weighted by molar-refractivity contribution is 0.359. The molecule has 2 nitrogen and oxygen atoms in total. The van der Waals surface area contributed by atoms with Crippen LogP contribution in [0, 0.1) is 5.41 Å². The predicted molar refractivity (Wildman–Crippen MR) is 80.7 cm³/mol. The van der Waals surface area contributed by atoms with E-state index in [2.05, 4.69) is 5.32 Å². The molecule has 1 aliphatic carbocycles. The number of benzene rings is 1. The maximum absolute atomic E-state index is 5.97. The Kier molecular flexibility index (Phi) is 3.53. The van der Waals surface area contributed by atoms with Gasteiger partial charge in [0.15, 0.2) is 5.17 Å². The number of rotatable bonds is 1. The van der Waals surface area contributed by atoms with Crippen molar-refractivity contribution in [3.8, 4) is 0 Å². The number of aliphatic imine (C=N–C) groups is 1. The number of halogens is 1. The molecule has 96 valence electrons. The Labute approximate surface area is 117 Å². The van der Waals surface area contributed by atoms with Crippen LogP contribution in [-0.4, -0.2) is 17.5 Å². The molecule has 1 N–H and O–H groups in total. The average Bonchev–Trinajstić information content (AvgIpc) is 2.81. The molecule has 1 heterocycles. The van der Waals surface area contributed by atoms with E-state index in [0.29, 0.717) is 5.41 Å². The van der Waals surface area contributed by atoms with Crippen LogP contribution in [0.4, 0.5) is 5.69 Å². The number of nitrogens with one attached hydrogen (secondary N) is 1. The van der Waals surface area contributed by atoms with Crippen molar-refractivity contribution in [3.05, 3.63) is 29.3 Å². The van der Waals surface area contributed by atoms with Gasteiger partial charge in [-0.1, -0.05) is 42.3 Å². The summed E-state index contributed by atoms with van der Waals surface area (Å²) in [5, 5.41) is 5.15. The second-order valence-corrected chi connectivity index (χ2v) is 6.65. The molecule has 0 bridgehead atoms. The van der Waals surface area contributed by atoms with Gasteiger partial charge in [-0.25, -0.2) is 0 Å². The van der Waals surface area contributed by atoms with Crippen LogP contribution in [0.1, 0.15) is 25.7 Å². The fraction of sp³-hybridized carbons (Fsp3) is 0.500. The monoisotopic (exact) mass is 280 g/mol. The third kappa shape index (κ3) is 2.67. The van der Waals surface area contributed by atoms with Gasteiger partial charge >= 0.3 is 0 Å². The maximum Gasteiger partial charge on any atom is 0.161 e. The third-order valence-electron chi connectivity index (χ3n) is 3.81. The molecule has 0 radical (unpaired) electrons. The van der Waals surface area contributed by atoms with E-state index in [1.54, 1.807) is 0 Å². The van der Waals surface area contributed by atoms with Crippen LogP contribution < -0.4 is 5.32 Å². The highest BCUT2D eigenvalue weighted by Crippen LogP contribution is 2.43. The van der Waals surface area contributed by atoms with E-state index in [0.717, 1.165) is 22.4 Å². The van der Waals surface area contributed by atoms with Gasteiger partial charge in [-0.15, -0.1) is 0 Å². The van der Waals surface area contributed by atoms with Crippen molar-refractivity contribution in [2.24, 2.45) is 10.4 Å². The van der Waals surface area contributed by atoms with Crippen LogP contribution in [0.5, 0.6) is 0 Å². The first-order valence-corrected chi connectivity index (χ1v) is 7.82. The molecule has 0 amide bonds. The first-order valence-electron chi connectivity index (χ1n) is 6.46. The minimum atomic E-state index is 0.504. The van der Waals surface area contributed by atoms with Crippen molar-refractivity contribution in [2.45, 2.75) is 25.7 Å². The fourth-order valence-corrected chi connectivity index (χ4v) is 4.10. The van der Waals surface area contributed by atoms with Crippen molar-refractivity contribution in [3.63, 3.8) is 0 Å². The Bertz CT molecular complexity index is 467. The second-order valence-electron chi connectivity index (χ2n) is 5.25. The molecule has 1 aromatic carbocycles. The van der Waals surface area contributed by atoms with Crippen LogP contribution in [0.2, 0.25) is 5.02 Å². The third-order valence-corrected chi connectivity index (χ3v) is 5.31. The normalized spacial score (nSPS) is 21.9. The zero-order valence-electron chi connectivity index (χ0n) is 10.3. The summed E-state index contributed by atoms with van der Waals surface area (Å²) < 4.78 is 0. The maximum atomic E-state index is 5.97. The lowest BCUT2D eigenvalue weighted by Crippen LogP contribution is -2.30. The molecule has 2 aliphatic rings. The van der Waals surface area contributed by atoms with E-state index in [1.165, 1.54) is 31.4 Å². The first kappa shape index (κ1) is 12.4. The predicted octanol–water partition coefficient (Wildman–Crippen LogP) is 4.42. The lowest BCUT2D eigenvalue weighted by atomic mass is 9.89. The number of nitrogens with zero attached hydrogens (tertiary/aromatic N) is 1.